The molecule has 2 aromatic carbocycles. The van der Waals surface area contributed by atoms with Crippen LogP contribution in [-0.4, -0.2) is 16.4 Å². The number of benzene rings is 2. The molecule has 0 radical (unpaired) electrons. The van der Waals surface area contributed by atoms with Crippen LogP contribution in [0.4, 0.5) is 11.4 Å². The van der Waals surface area contributed by atoms with E-state index in [0.717, 1.165) is 17.8 Å². The summed E-state index contributed by atoms with van der Waals surface area (Å²) in [4.78, 5) is 16.3. The molecule has 0 amide bonds. The molecule has 0 aromatic heterocycles. The van der Waals surface area contributed by atoms with Crippen LogP contribution in [0.15, 0.2) is 48.5 Å². The third-order valence-electron chi connectivity index (χ3n) is 8.35. The molecular weight excluding hydrogens is 603 g/mol. The molecule has 0 aliphatic rings. The molecule has 2 rings (SSSR count). The van der Waals surface area contributed by atoms with Crippen molar-refractivity contribution in [2.45, 2.75) is 175 Å². The van der Waals surface area contributed by atoms with E-state index in [4.69, 9.17) is 21.3 Å². The van der Waals surface area contributed by atoms with E-state index >= 15 is 0 Å². The van der Waals surface area contributed by atoms with E-state index < -0.39 is 7.82 Å². The van der Waals surface area contributed by atoms with Crippen molar-refractivity contribution in [2.75, 3.05) is 18.1 Å². The monoisotopic (exact) mass is 677 g/mol. The van der Waals surface area contributed by atoms with Gasteiger partial charge in [0.1, 0.15) is 0 Å². The predicted octanol–water partition coefficient (Wildman–Crippen LogP) is 12.4. The largest absolute Gasteiger partial charge is 0.469 e. The second-order valence-corrected chi connectivity index (χ2v) is 14.3. The zero-order chi connectivity index (χ0) is 34.9. The van der Waals surface area contributed by atoms with Crippen molar-refractivity contribution >= 4 is 19.2 Å². The van der Waals surface area contributed by atoms with Crippen LogP contribution in [0.25, 0.3) is 0 Å². The Bertz CT molecular complexity index is 898. The molecule has 0 unspecified atom stereocenters. The minimum atomic E-state index is -4.20. The van der Waals surface area contributed by atoms with Gasteiger partial charge in [0.25, 0.3) is 0 Å². The van der Waals surface area contributed by atoms with Crippen molar-refractivity contribution in [1.82, 2.24) is 0 Å². The first-order valence-electron chi connectivity index (χ1n) is 19.1. The van der Waals surface area contributed by atoms with Crippen LogP contribution in [0.1, 0.15) is 173 Å². The van der Waals surface area contributed by atoms with Crippen LogP contribution in [0.5, 0.6) is 0 Å². The van der Waals surface area contributed by atoms with Gasteiger partial charge in [-0.15, -0.1) is 0 Å². The van der Waals surface area contributed by atoms with Gasteiger partial charge in [-0.1, -0.05) is 167 Å². The number of anilines is 2. The minimum absolute atomic E-state index is 0.140. The predicted molar refractivity (Wildman–Crippen MR) is 206 cm³/mol. The molecule has 0 aliphatic carbocycles. The van der Waals surface area contributed by atoms with Crippen molar-refractivity contribution in [3.8, 4) is 0 Å². The summed E-state index contributed by atoms with van der Waals surface area (Å²) >= 11 is 0. The summed E-state index contributed by atoms with van der Waals surface area (Å²) in [6.45, 7) is 6.62. The molecule has 0 saturated carbocycles. The fourth-order valence-corrected chi connectivity index (χ4v) is 5.70. The summed E-state index contributed by atoms with van der Waals surface area (Å²) in [5.74, 6) is 0. The van der Waals surface area contributed by atoms with Gasteiger partial charge in [-0.3, -0.25) is 4.52 Å². The molecule has 0 heterocycles. The van der Waals surface area contributed by atoms with Crippen molar-refractivity contribution < 1.29 is 18.9 Å². The molecule has 0 saturated heterocycles. The highest BCUT2D eigenvalue weighted by Crippen LogP contribution is 2.35. The smallest absolute Gasteiger partial charge is 0.399 e. The Kier molecular flexibility index (Phi) is 31.4. The van der Waals surface area contributed by atoms with Crippen molar-refractivity contribution in [3.63, 3.8) is 0 Å². The summed E-state index contributed by atoms with van der Waals surface area (Å²) in [7, 11) is -4.20. The minimum Gasteiger partial charge on any atom is -0.399 e. The fraction of sp³-hybridized carbons (Fsp3) is 0.700. The first-order valence-corrected chi connectivity index (χ1v) is 20.6. The van der Waals surface area contributed by atoms with Crippen molar-refractivity contribution in [2.24, 2.45) is 0 Å². The van der Waals surface area contributed by atoms with Gasteiger partial charge >= 0.3 is 7.82 Å². The van der Waals surface area contributed by atoms with Gasteiger partial charge in [0, 0.05) is 11.4 Å². The number of nitrogens with two attached hydrogens (primary N) is 2. The Morgan fingerprint density at radius 1 is 0.468 bits per heavy atom. The maximum absolute atomic E-state index is 9.98. The normalized spacial score (nSPS) is 11.0. The van der Waals surface area contributed by atoms with E-state index in [-0.39, 0.29) is 6.61 Å². The van der Waals surface area contributed by atoms with E-state index in [2.05, 4.69) is 42.6 Å². The lowest BCUT2D eigenvalue weighted by Gasteiger charge is -2.03. The third-order valence-corrected chi connectivity index (χ3v) is 8.87. The lowest BCUT2D eigenvalue weighted by molar-refractivity contribution is 0.194. The number of nitrogen functional groups attached to an aromatic ring is 2. The highest BCUT2D eigenvalue weighted by atomic mass is 31.2. The fourth-order valence-electron chi connectivity index (χ4n) is 5.33. The summed E-state index contributed by atoms with van der Waals surface area (Å²) in [5, 5.41) is 0. The van der Waals surface area contributed by atoms with Crippen molar-refractivity contribution in [3.05, 3.63) is 59.7 Å². The first-order chi connectivity index (χ1) is 22.7. The molecule has 0 bridgehead atoms. The van der Waals surface area contributed by atoms with Gasteiger partial charge in [-0.25, -0.2) is 4.57 Å². The molecule has 0 atom stereocenters. The second kappa shape index (κ2) is 32.7. The Balaban J connectivity index is 0.000000721. The molecule has 47 heavy (non-hydrogen) atoms. The van der Waals surface area contributed by atoms with Gasteiger partial charge in [0.15, 0.2) is 0 Å². The Morgan fingerprint density at radius 3 is 1.02 bits per heavy atom. The van der Waals surface area contributed by atoms with Crippen LogP contribution >= 0.6 is 7.82 Å². The molecule has 2 aromatic rings. The first kappa shape index (κ1) is 45.2. The highest BCUT2D eigenvalue weighted by molar-refractivity contribution is 7.46. The summed E-state index contributed by atoms with van der Waals surface area (Å²) in [6.07, 6.45) is 32.1. The van der Waals surface area contributed by atoms with E-state index in [0.29, 0.717) is 6.42 Å². The van der Waals surface area contributed by atoms with Crippen molar-refractivity contribution in [1.29, 1.82) is 0 Å². The lowest BCUT2D eigenvalue weighted by Crippen LogP contribution is -1.90. The van der Waals surface area contributed by atoms with Crippen LogP contribution in [0, 0.1) is 0 Å². The quantitative estimate of drug-likeness (QED) is 0.0447. The van der Waals surface area contributed by atoms with Crippen LogP contribution < -0.4 is 11.5 Å². The van der Waals surface area contributed by atoms with E-state index in [1.165, 1.54) is 152 Å². The number of phosphoric ester groups is 1. The number of rotatable bonds is 26. The third kappa shape index (κ3) is 33.8. The molecule has 0 aliphatic heterocycles. The molecule has 0 spiro atoms. The molecule has 0 fully saturated rings. The summed E-state index contributed by atoms with van der Waals surface area (Å²) in [5.41, 5.74) is 15.9. The number of unbranched alkanes of at least 4 members (excludes halogenated alkanes) is 19. The maximum Gasteiger partial charge on any atom is 0.469 e. The van der Waals surface area contributed by atoms with E-state index in [1.54, 1.807) is 0 Å². The van der Waals surface area contributed by atoms with Gasteiger partial charge in [0.05, 0.1) is 6.61 Å². The Hall–Kier alpha value is -1.85. The second-order valence-electron chi connectivity index (χ2n) is 13.0. The van der Waals surface area contributed by atoms with Crippen LogP contribution in [-0.2, 0) is 21.9 Å². The van der Waals surface area contributed by atoms with Gasteiger partial charge in [0.2, 0.25) is 0 Å². The lowest BCUT2D eigenvalue weighted by atomic mass is 10.0. The summed E-state index contributed by atoms with van der Waals surface area (Å²) in [6, 6.07) is 16.6. The molecule has 6 N–H and O–H groups in total. The Labute approximate surface area is 290 Å². The number of aryl methyl sites for hydroxylation is 2. The Morgan fingerprint density at radius 2 is 0.745 bits per heavy atom. The van der Waals surface area contributed by atoms with Crippen LogP contribution in [0.3, 0.4) is 0 Å². The average Bonchev–Trinajstić information content (AvgIpc) is 3.05. The molecule has 272 valence electrons. The number of phosphoric acid groups is 1. The summed E-state index contributed by atoms with van der Waals surface area (Å²) < 4.78 is 14.1. The number of hydrogen-bond donors (Lipinski definition) is 4. The van der Waals surface area contributed by atoms with Crippen LogP contribution in [0.2, 0.25) is 0 Å². The van der Waals surface area contributed by atoms with Gasteiger partial charge < -0.3 is 21.3 Å². The number of hydrogen-bond acceptors (Lipinski definition) is 4. The van der Waals surface area contributed by atoms with E-state index in [1.807, 2.05) is 31.2 Å². The van der Waals surface area contributed by atoms with Gasteiger partial charge in [-0.2, -0.15) is 0 Å². The molecule has 7 heteroatoms. The van der Waals surface area contributed by atoms with E-state index in [9.17, 15) is 4.57 Å². The SMILES string of the molecule is CCCCCCCCCCCCc1ccc(N)cc1.CCCCCCCCCCCCc1ccc(N)cc1.CCCCOP(=O)(O)O. The zero-order valence-corrected chi connectivity index (χ0v) is 31.5. The van der Waals surface area contributed by atoms with Gasteiger partial charge in [-0.05, 0) is 67.5 Å². The standard InChI is InChI=1S/2C18H31N.C4H11O4P/c2*1-2-3-4-5-6-7-8-9-10-11-12-17-13-15-18(19)16-14-17;1-2-3-4-8-9(5,6)7/h2*13-16H,2-12,19H2,1H3;2-4H2,1H3,(H2,5,6,7). The average molecular weight is 677 g/mol. The highest BCUT2D eigenvalue weighted by Gasteiger charge is 2.11. The topological polar surface area (TPSA) is 119 Å². The maximum atomic E-state index is 9.98. The zero-order valence-electron chi connectivity index (χ0n) is 30.6. The molecular formula is C40H73N2O4P. The molecule has 6 nitrogen and oxygen atoms in total.